The molecule has 0 amide bonds. The van der Waals surface area contributed by atoms with Crippen LogP contribution in [0.4, 0.5) is 17.7 Å². The number of aliphatic hydroxyl groups excluding tert-OH is 1. The van der Waals surface area contributed by atoms with Crippen LogP contribution in [0.2, 0.25) is 0 Å². The van der Waals surface area contributed by atoms with Gasteiger partial charge in [0.05, 0.1) is 0 Å². The molecule has 1 fully saturated rings. The van der Waals surface area contributed by atoms with Crippen molar-refractivity contribution in [2.75, 3.05) is 49.5 Å². The third-order valence-electron chi connectivity index (χ3n) is 5.80. The van der Waals surface area contributed by atoms with Crippen LogP contribution in [-0.2, 0) is 12.8 Å². The molecule has 34 heavy (non-hydrogen) atoms. The number of nitrogens with zero attached hydrogens (tertiary/aromatic N) is 6. The van der Waals surface area contributed by atoms with E-state index in [2.05, 4.69) is 35.1 Å². The van der Waals surface area contributed by atoms with Gasteiger partial charge in [-0.3, -0.25) is 9.69 Å². The highest BCUT2D eigenvalue weighted by molar-refractivity contribution is 5.98. The van der Waals surface area contributed by atoms with E-state index < -0.39 is 0 Å². The first kappa shape index (κ1) is 23.7. The van der Waals surface area contributed by atoms with Crippen LogP contribution in [0.1, 0.15) is 35.1 Å². The van der Waals surface area contributed by atoms with Gasteiger partial charge in [-0.25, -0.2) is 4.98 Å². The number of nitrogens with one attached hydrogen (secondary N) is 1. The molecule has 3 aromatic rings. The molecule has 9 nitrogen and oxygen atoms in total. The number of pyridine rings is 1. The van der Waals surface area contributed by atoms with Crippen LogP contribution in [0.25, 0.3) is 0 Å². The van der Waals surface area contributed by atoms with Gasteiger partial charge in [0, 0.05) is 63.9 Å². The summed E-state index contributed by atoms with van der Waals surface area (Å²) in [5.41, 5.74) is 1.57. The smallest absolute Gasteiger partial charge is 0.233 e. The van der Waals surface area contributed by atoms with Gasteiger partial charge in [0.2, 0.25) is 11.9 Å². The highest BCUT2D eigenvalue weighted by Gasteiger charge is 2.20. The molecule has 9 heteroatoms. The number of carbonyl (C=O) groups excluding carboxylic acids is 1. The van der Waals surface area contributed by atoms with Gasteiger partial charge in [-0.05, 0) is 24.1 Å². The van der Waals surface area contributed by atoms with Gasteiger partial charge < -0.3 is 15.3 Å². The first-order chi connectivity index (χ1) is 16.6. The summed E-state index contributed by atoms with van der Waals surface area (Å²) in [6, 6.07) is 13.2. The van der Waals surface area contributed by atoms with E-state index in [0.717, 1.165) is 44.7 Å². The molecular weight excluding hydrogens is 430 g/mol. The minimum Gasteiger partial charge on any atom is -0.396 e. The molecule has 4 rings (SSSR count). The van der Waals surface area contributed by atoms with Crippen molar-refractivity contribution < 1.29 is 9.90 Å². The van der Waals surface area contributed by atoms with Gasteiger partial charge in [0.25, 0.3) is 0 Å². The molecule has 1 aliphatic rings. The van der Waals surface area contributed by atoms with Crippen LogP contribution in [0.3, 0.4) is 0 Å². The number of aliphatic hydroxyl groups is 1. The zero-order chi connectivity index (χ0) is 23.8. The number of benzene rings is 1. The van der Waals surface area contributed by atoms with E-state index >= 15 is 0 Å². The summed E-state index contributed by atoms with van der Waals surface area (Å²) < 4.78 is 0. The lowest BCUT2D eigenvalue weighted by Gasteiger charge is -2.34. The summed E-state index contributed by atoms with van der Waals surface area (Å²) in [7, 11) is 0. The first-order valence-corrected chi connectivity index (χ1v) is 11.8. The Bertz CT molecular complexity index is 1090. The molecule has 2 N–H and O–H groups in total. The normalized spacial score (nSPS) is 14.2. The third kappa shape index (κ3) is 6.33. The maximum atomic E-state index is 12.8. The van der Waals surface area contributed by atoms with Crippen molar-refractivity contribution in [3.63, 3.8) is 0 Å². The summed E-state index contributed by atoms with van der Waals surface area (Å²) >= 11 is 0. The fraction of sp³-hybridized carbons (Fsp3) is 0.400. The monoisotopic (exact) mass is 461 g/mol. The molecular formula is C25H31N7O2. The van der Waals surface area contributed by atoms with Crippen LogP contribution in [0.15, 0.2) is 48.7 Å². The Hall–Kier alpha value is -3.43. The molecule has 1 aliphatic heterocycles. The number of hydrogen-bond donors (Lipinski definition) is 2. The number of ketones is 1. The fourth-order valence-electron chi connectivity index (χ4n) is 3.90. The van der Waals surface area contributed by atoms with Crippen molar-refractivity contribution in [3.05, 3.63) is 65.6 Å². The summed E-state index contributed by atoms with van der Waals surface area (Å²) in [6.45, 7) is 6.58. The van der Waals surface area contributed by atoms with E-state index in [1.165, 1.54) is 0 Å². The number of rotatable bonds is 10. The zero-order valence-electron chi connectivity index (χ0n) is 19.5. The molecule has 1 aromatic carbocycles. The summed E-state index contributed by atoms with van der Waals surface area (Å²) in [5, 5.41) is 12.2. The molecule has 0 bridgehead atoms. The van der Waals surface area contributed by atoms with Crippen LogP contribution < -0.4 is 10.2 Å². The number of piperazine rings is 1. The second-order valence-corrected chi connectivity index (χ2v) is 8.27. The minimum atomic E-state index is 0.0290. The molecule has 2 aromatic heterocycles. The number of hydrogen-bond acceptors (Lipinski definition) is 9. The lowest BCUT2D eigenvalue weighted by atomic mass is 10.0. The average molecular weight is 462 g/mol. The predicted octanol–water partition coefficient (Wildman–Crippen LogP) is 2.50. The second kappa shape index (κ2) is 11.6. The molecule has 0 aliphatic carbocycles. The van der Waals surface area contributed by atoms with Crippen molar-refractivity contribution in [2.45, 2.75) is 26.2 Å². The van der Waals surface area contributed by atoms with E-state index in [1.807, 2.05) is 37.3 Å². The van der Waals surface area contributed by atoms with Crippen molar-refractivity contribution in [2.24, 2.45) is 0 Å². The van der Waals surface area contributed by atoms with Crippen LogP contribution in [-0.4, -0.2) is 75.1 Å². The molecule has 0 radical (unpaired) electrons. The van der Waals surface area contributed by atoms with Crippen LogP contribution >= 0.6 is 0 Å². The Labute approximate surface area is 199 Å². The Kier molecular flexibility index (Phi) is 8.11. The molecule has 178 valence electrons. The second-order valence-electron chi connectivity index (χ2n) is 8.27. The highest BCUT2D eigenvalue weighted by Crippen LogP contribution is 2.18. The molecule has 0 unspecified atom stereocenters. The maximum absolute atomic E-state index is 12.8. The topological polar surface area (TPSA) is 107 Å². The Morgan fingerprint density at radius 2 is 1.85 bits per heavy atom. The average Bonchev–Trinajstić information content (AvgIpc) is 2.88. The Balaban J connectivity index is 1.45. The lowest BCUT2D eigenvalue weighted by Crippen LogP contribution is -2.47. The van der Waals surface area contributed by atoms with E-state index in [4.69, 9.17) is 5.11 Å². The van der Waals surface area contributed by atoms with E-state index in [1.54, 1.807) is 18.3 Å². The minimum absolute atomic E-state index is 0.0290. The number of carbonyl (C=O) groups is 1. The molecule has 0 atom stereocenters. The summed E-state index contributed by atoms with van der Waals surface area (Å²) in [4.78, 5) is 35.4. The third-order valence-corrected chi connectivity index (χ3v) is 5.80. The highest BCUT2D eigenvalue weighted by atomic mass is 16.3. The lowest BCUT2D eigenvalue weighted by molar-refractivity contribution is 0.0993. The summed E-state index contributed by atoms with van der Waals surface area (Å²) in [6.07, 6.45) is 3.43. The maximum Gasteiger partial charge on any atom is 0.233 e. The Morgan fingerprint density at radius 3 is 2.59 bits per heavy atom. The quantitative estimate of drug-likeness (QED) is 0.440. The van der Waals surface area contributed by atoms with Crippen molar-refractivity contribution >= 4 is 23.5 Å². The van der Waals surface area contributed by atoms with Crippen LogP contribution in [0, 0.1) is 0 Å². The standard InChI is InChI=1S/C25H31N7O2/c1-2-22-27-24(30-25(29-22)32-14-12-31(13-15-32)11-6-16-33)28-23-18-20(9-10-26-23)21(34)17-19-7-4-3-5-8-19/h3-5,7-10,18,33H,2,6,11-17H2,1H3,(H,26,27,28,29,30). The van der Waals surface area contributed by atoms with Crippen molar-refractivity contribution in [1.29, 1.82) is 0 Å². The molecule has 1 saturated heterocycles. The van der Waals surface area contributed by atoms with Gasteiger partial charge in [-0.1, -0.05) is 37.3 Å². The predicted molar refractivity (Wildman–Crippen MR) is 132 cm³/mol. The van der Waals surface area contributed by atoms with E-state index in [-0.39, 0.29) is 12.4 Å². The van der Waals surface area contributed by atoms with Crippen LogP contribution in [0.5, 0.6) is 0 Å². The van der Waals surface area contributed by atoms with Crippen molar-refractivity contribution in [1.82, 2.24) is 24.8 Å². The van der Waals surface area contributed by atoms with Gasteiger partial charge in [-0.2, -0.15) is 15.0 Å². The SMILES string of the molecule is CCc1nc(Nc2cc(C(=O)Cc3ccccc3)ccn2)nc(N2CCN(CCCO)CC2)n1. The number of anilines is 3. The summed E-state index contributed by atoms with van der Waals surface area (Å²) in [5.74, 6) is 2.32. The number of aryl methyl sites for hydroxylation is 1. The van der Waals surface area contributed by atoms with Gasteiger partial charge in [-0.15, -0.1) is 0 Å². The number of aromatic nitrogens is 4. The van der Waals surface area contributed by atoms with Gasteiger partial charge in [0.1, 0.15) is 11.6 Å². The Morgan fingerprint density at radius 1 is 1.06 bits per heavy atom. The van der Waals surface area contributed by atoms with Gasteiger partial charge >= 0.3 is 0 Å². The number of Topliss-reactive ketones (excluding diaryl/α,β-unsaturated/α-hetero) is 1. The molecule has 0 saturated carbocycles. The molecule has 0 spiro atoms. The van der Waals surface area contributed by atoms with E-state index in [9.17, 15) is 4.79 Å². The van der Waals surface area contributed by atoms with Crippen molar-refractivity contribution in [3.8, 4) is 0 Å². The largest absolute Gasteiger partial charge is 0.396 e. The molecule has 3 heterocycles. The zero-order valence-corrected chi connectivity index (χ0v) is 19.5. The van der Waals surface area contributed by atoms with Gasteiger partial charge in [0.15, 0.2) is 5.78 Å². The fourth-order valence-corrected chi connectivity index (χ4v) is 3.90. The first-order valence-electron chi connectivity index (χ1n) is 11.8. The van der Waals surface area contributed by atoms with E-state index in [0.29, 0.717) is 41.9 Å².